The third-order valence-electron chi connectivity index (χ3n) is 8.41. The maximum atomic E-state index is 13.8. The summed E-state index contributed by atoms with van der Waals surface area (Å²) in [6, 6.07) is 4.04. The standard InChI is InChI=1S/C29H33BN4O3/c1-25(2)23-17-29(30-36-26(3,4)27(5,6)37-30)13-12-21(33-29)15-20-9-8-18(31-20)14-19-10-11-22(32-19)16-28(7,34-23)24(25)35/h8-17,31,34H,1-7H3. The zero-order chi connectivity index (χ0) is 26.4. The van der Waals surface area contributed by atoms with E-state index in [2.05, 4.69) is 10.3 Å². The summed E-state index contributed by atoms with van der Waals surface area (Å²) in [7, 11) is -0.665. The van der Waals surface area contributed by atoms with E-state index >= 15 is 0 Å². The molecule has 5 aliphatic heterocycles. The van der Waals surface area contributed by atoms with Crippen LogP contribution in [0.15, 0.2) is 70.0 Å². The number of aliphatic imine (C=N–C) groups is 2. The average Bonchev–Trinajstić information content (AvgIpc) is 3.58. The number of aromatic amines is 1. The molecule has 0 amide bonds. The highest BCUT2D eigenvalue weighted by Gasteiger charge is 2.61. The van der Waals surface area contributed by atoms with E-state index in [1.807, 2.05) is 109 Å². The van der Waals surface area contributed by atoms with Crippen LogP contribution in [0.1, 0.15) is 48.5 Å². The Balaban J connectivity index is 1.58. The van der Waals surface area contributed by atoms with Gasteiger partial charge in [-0.2, -0.15) is 0 Å². The molecule has 0 saturated carbocycles. The quantitative estimate of drug-likeness (QED) is 0.586. The van der Waals surface area contributed by atoms with E-state index in [1.165, 1.54) is 0 Å². The van der Waals surface area contributed by atoms with E-state index < -0.39 is 34.7 Å². The van der Waals surface area contributed by atoms with Crippen molar-refractivity contribution in [3.05, 3.63) is 70.7 Å². The lowest BCUT2D eigenvalue weighted by atomic mass is 9.63. The topological polar surface area (TPSA) is 88.1 Å². The lowest BCUT2D eigenvalue weighted by Gasteiger charge is -2.32. The number of ketones is 1. The molecule has 2 saturated heterocycles. The zero-order valence-corrected chi connectivity index (χ0v) is 22.5. The van der Waals surface area contributed by atoms with Crippen molar-refractivity contribution in [3.8, 4) is 0 Å². The molecule has 2 fully saturated rings. The fraction of sp³-hybridized carbons (Fsp3) is 0.414. The van der Waals surface area contributed by atoms with Crippen molar-refractivity contribution in [1.29, 1.82) is 0 Å². The van der Waals surface area contributed by atoms with Gasteiger partial charge in [-0.05, 0) is 103 Å². The van der Waals surface area contributed by atoms with Crippen molar-refractivity contribution in [2.24, 2.45) is 15.4 Å². The van der Waals surface area contributed by atoms with Gasteiger partial charge in [-0.25, -0.2) is 4.99 Å². The first-order valence-electron chi connectivity index (χ1n) is 12.8. The van der Waals surface area contributed by atoms with Gasteiger partial charge in [0.15, 0.2) is 5.78 Å². The number of hydrogen-bond donors (Lipinski definition) is 2. The Morgan fingerprint density at radius 1 is 0.838 bits per heavy atom. The maximum Gasteiger partial charge on any atom is 0.496 e. The van der Waals surface area contributed by atoms with Crippen LogP contribution in [0.2, 0.25) is 0 Å². The van der Waals surface area contributed by atoms with Gasteiger partial charge in [0.1, 0.15) is 11.0 Å². The summed E-state index contributed by atoms with van der Waals surface area (Å²) in [6.07, 6.45) is 15.8. The monoisotopic (exact) mass is 496 g/mol. The third-order valence-corrected chi connectivity index (χ3v) is 8.41. The van der Waals surface area contributed by atoms with Crippen LogP contribution in [-0.4, -0.2) is 51.5 Å². The first-order valence-corrected chi connectivity index (χ1v) is 12.8. The van der Waals surface area contributed by atoms with Crippen LogP contribution in [0.3, 0.4) is 0 Å². The molecule has 8 bridgehead atoms. The second-order valence-electron chi connectivity index (χ2n) is 12.3. The Morgan fingerprint density at radius 3 is 2.16 bits per heavy atom. The van der Waals surface area contributed by atoms with Gasteiger partial charge in [0, 0.05) is 16.4 Å². The smallest absolute Gasteiger partial charge is 0.401 e. The van der Waals surface area contributed by atoms with Gasteiger partial charge in [-0.1, -0.05) is 6.08 Å². The second-order valence-corrected chi connectivity index (χ2v) is 12.3. The maximum absolute atomic E-state index is 13.8. The molecule has 2 N–H and O–H groups in total. The van der Waals surface area contributed by atoms with Crippen LogP contribution < -0.4 is 16.0 Å². The van der Waals surface area contributed by atoms with Crippen LogP contribution in [0.4, 0.5) is 0 Å². The number of allylic oxidation sites excluding steroid dienone is 4. The van der Waals surface area contributed by atoms with E-state index in [9.17, 15) is 4.79 Å². The number of nitrogens with zero attached hydrogens (tertiary/aromatic N) is 2. The van der Waals surface area contributed by atoms with Gasteiger partial charge in [-0.15, -0.1) is 0 Å². The average molecular weight is 496 g/mol. The minimum atomic E-state index is -0.952. The molecule has 0 spiro atoms. The molecule has 6 rings (SSSR count). The van der Waals surface area contributed by atoms with Crippen LogP contribution in [-0.2, 0) is 14.1 Å². The van der Waals surface area contributed by atoms with Gasteiger partial charge < -0.3 is 19.6 Å². The molecule has 0 radical (unpaired) electrons. The van der Waals surface area contributed by atoms with Crippen molar-refractivity contribution in [2.75, 3.05) is 0 Å². The van der Waals surface area contributed by atoms with E-state index in [1.54, 1.807) is 0 Å². The Kier molecular flexibility index (Phi) is 4.84. The number of fused-ring (bicyclic) bond motifs is 6. The van der Waals surface area contributed by atoms with Crippen LogP contribution in [0.5, 0.6) is 0 Å². The molecule has 0 aromatic carbocycles. The molecular formula is C29H33BN4O3. The van der Waals surface area contributed by atoms with E-state index in [-0.39, 0.29) is 5.78 Å². The number of H-pyrrole nitrogens is 1. The van der Waals surface area contributed by atoms with Crippen LogP contribution in [0.25, 0.3) is 12.2 Å². The SMILES string of the molecule is CC12C=C3C=CC(=N3)C=c3ccc([nH]3)=CC3=NC(B4OC(C)(C)C(C)(C)O4)(C=C3)C=C(N1)C(C)(C)C2=O. The van der Waals surface area contributed by atoms with Gasteiger partial charge in [0.25, 0.3) is 0 Å². The fourth-order valence-corrected chi connectivity index (χ4v) is 5.49. The Labute approximate surface area is 217 Å². The lowest BCUT2D eigenvalue weighted by Crippen LogP contribution is -2.45. The number of carbonyl (C=O) groups excluding carboxylic acids is 1. The molecule has 7 nitrogen and oxygen atoms in total. The molecule has 190 valence electrons. The van der Waals surface area contributed by atoms with Gasteiger partial charge >= 0.3 is 7.12 Å². The van der Waals surface area contributed by atoms with Crippen molar-refractivity contribution >= 4 is 36.5 Å². The lowest BCUT2D eigenvalue weighted by molar-refractivity contribution is -0.126. The molecular weight excluding hydrogens is 463 g/mol. The summed E-state index contributed by atoms with van der Waals surface area (Å²) in [6.45, 7) is 13.9. The molecule has 1 aromatic heterocycles. The highest BCUT2D eigenvalue weighted by atomic mass is 16.7. The molecule has 2 atom stereocenters. The highest BCUT2D eigenvalue weighted by Crippen LogP contribution is 2.46. The van der Waals surface area contributed by atoms with Gasteiger partial charge in [0.05, 0.1) is 33.7 Å². The normalized spacial score (nSPS) is 32.3. The van der Waals surface area contributed by atoms with Gasteiger partial charge in [-0.3, -0.25) is 9.79 Å². The first kappa shape index (κ1) is 24.1. The van der Waals surface area contributed by atoms with Crippen molar-refractivity contribution < 1.29 is 14.1 Å². The van der Waals surface area contributed by atoms with E-state index in [0.29, 0.717) is 0 Å². The first-order chi connectivity index (χ1) is 17.2. The van der Waals surface area contributed by atoms with Crippen molar-refractivity contribution in [3.63, 3.8) is 0 Å². The number of aromatic nitrogens is 1. The Hall–Kier alpha value is -3.23. The number of nitrogens with one attached hydrogen (secondary N) is 2. The largest absolute Gasteiger partial charge is 0.496 e. The molecule has 6 heterocycles. The summed E-state index contributed by atoms with van der Waals surface area (Å²) in [5, 5.41) is 5.40. The summed E-state index contributed by atoms with van der Waals surface area (Å²) in [5.74, 6) is 0.0690. The number of carbonyl (C=O) groups is 1. The molecule has 37 heavy (non-hydrogen) atoms. The predicted molar refractivity (Wildman–Crippen MR) is 147 cm³/mol. The Bertz CT molecular complexity index is 1520. The molecule has 8 heteroatoms. The fourth-order valence-electron chi connectivity index (χ4n) is 5.49. The summed E-state index contributed by atoms with van der Waals surface area (Å²) in [5.41, 5.74) is -0.565. The third kappa shape index (κ3) is 3.69. The van der Waals surface area contributed by atoms with Crippen molar-refractivity contribution in [1.82, 2.24) is 10.3 Å². The number of Topliss-reactive ketones (excluding diaryl/α,β-unsaturated/α-hetero) is 1. The molecule has 0 aliphatic carbocycles. The molecule has 2 unspecified atom stereocenters. The zero-order valence-electron chi connectivity index (χ0n) is 22.5. The van der Waals surface area contributed by atoms with Crippen molar-refractivity contribution in [2.45, 2.75) is 70.6 Å². The number of hydrogen-bond acceptors (Lipinski definition) is 6. The highest BCUT2D eigenvalue weighted by molar-refractivity contribution is 6.53. The summed E-state index contributed by atoms with van der Waals surface area (Å²) < 4.78 is 13.0. The number of rotatable bonds is 1. The van der Waals surface area contributed by atoms with Gasteiger partial charge in [0.2, 0.25) is 0 Å². The second kappa shape index (κ2) is 7.42. The van der Waals surface area contributed by atoms with Crippen LogP contribution >= 0.6 is 0 Å². The molecule has 5 aliphatic rings. The minimum absolute atomic E-state index is 0.0690. The Morgan fingerprint density at radius 2 is 1.49 bits per heavy atom. The molecule has 1 aromatic rings. The van der Waals surface area contributed by atoms with E-state index in [4.69, 9.17) is 19.3 Å². The summed E-state index contributed by atoms with van der Waals surface area (Å²) in [4.78, 5) is 27.1. The summed E-state index contributed by atoms with van der Waals surface area (Å²) >= 11 is 0. The predicted octanol–water partition coefficient (Wildman–Crippen LogP) is 2.71. The minimum Gasteiger partial charge on any atom is -0.401 e. The van der Waals surface area contributed by atoms with Crippen LogP contribution in [0, 0.1) is 5.41 Å². The van der Waals surface area contributed by atoms with E-state index in [0.717, 1.165) is 33.5 Å².